The number of rotatable bonds is 8. The van der Waals surface area contributed by atoms with Crippen molar-refractivity contribution < 1.29 is 14.3 Å². The Hall–Kier alpha value is -2.57. The van der Waals surface area contributed by atoms with Crippen LogP contribution in [0.3, 0.4) is 0 Å². The van der Waals surface area contributed by atoms with Gasteiger partial charge >= 0.3 is 0 Å². The topological polar surface area (TPSA) is 79.8 Å². The summed E-state index contributed by atoms with van der Waals surface area (Å²) in [5.74, 6) is 0.0344. The molecule has 1 unspecified atom stereocenters. The molecular weight excluding hydrogens is 449 g/mol. The molecule has 0 spiro atoms. The zero-order chi connectivity index (χ0) is 24.0. The van der Waals surface area contributed by atoms with Crippen LogP contribution in [0.15, 0.2) is 35.4 Å². The minimum atomic E-state index is -0.797. The van der Waals surface area contributed by atoms with Crippen LogP contribution in [0.1, 0.15) is 60.7 Å². The Kier molecular flexibility index (Phi) is 9.10. The van der Waals surface area contributed by atoms with Gasteiger partial charge in [-0.25, -0.2) is 5.43 Å². The van der Waals surface area contributed by atoms with Gasteiger partial charge < -0.3 is 10.1 Å². The van der Waals surface area contributed by atoms with Gasteiger partial charge in [0.05, 0.1) is 23.9 Å². The molecule has 0 saturated carbocycles. The third kappa shape index (κ3) is 6.47. The molecule has 2 aromatic carbocycles. The van der Waals surface area contributed by atoms with Gasteiger partial charge in [-0.3, -0.25) is 9.59 Å². The molecule has 0 bridgehead atoms. The monoisotopic (exact) mass is 477 g/mol. The molecule has 2 rings (SSSR count). The Morgan fingerprint density at radius 2 is 1.78 bits per heavy atom. The number of amides is 2. The highest BCUT2D eigenvalue weighted by molar-refractivity contribution is 6.36. The van der Waals surface area contributed by atoms with Crippen molar-refractivity contribution >= 4 is 41.2 Å². The lowest BCUT2D eigenvalue weighted by Crippen LogP contribution is -2.48. The molecule has 2 aromatic rings. The van der Waals surface area contributed by atoms with Crippen LogP contribution in [-0.4, -0.2) is 31.2 Å². The van der Waals surface area contributed by atoms with E-state index in [9.17, 15) is 9.59 Å². The van der Waals surface area contributed by atoms with Crippen molar-refractivity contribution in [3.05, 3.63) is 62.6 Å². The van der Waals surface area contributed by atoms with E-state index in [1.165, 1.54) is 12.1 Å². The number of aryl methyl sites for hydroxylation is 1. The maximum atomic E-state index is 12.7. The minimum absolute atomic E-state index is 0.171. The molecule has 32 heavy (non-hydrogen) atoms. The van der Waals surface area contributed by atoms with Crippen LogP contribution in [0.25, 0.3) is 0 Å². The van der Waals surface area contributed by atoms with Crippen molar-refractivity contribution in [2.75, 3.05) is 7.11 Å². The number of nitrogens with zero attached hydrogens (tertiary/aromatic N) is 1. The zero-order valence-corrected chi connectivity index (χ0v) is 20.6. The Labute approximate surface area is 199 Å². The second-order valence-electron chi connectivity index (χ2n) is 8.16. The summed E-state index contributed by atoms with van der Waals surface area (Å²) in [5, 5.41) is 7.47. The molecule has 0 saturated heterocycles. The van der Waals surface area contributed by atoms with Crippen LogP contribution in [0.4, 0.5) is 0 Å². The first kappa shape index (κ1) is 25.7. The average molecular weight is 478 g/mol. The van der Waals surface area contributed by atoms with Crippen LogP contribution in [-0.2, 0) is 4.79 Å². The largest absolute Gasteiger partial charge is 0.496 e. The number of carbonyl (C=O) groups excluding carboxylic acids is 2. The Balaban J connectivity index is 2.14. The van der Waals surface area contributed by atoms with E-state index in [1.807, 2.05) is 32.9 Å². The highest BCUT2D eigenvalue weighted by atomic mass is 35.5. The zero-order valence-electron chi connectivity index (χ0n) is 19.1. The number of benzene rings is 2. The fraction of sp³-hybridized carbons (Fsp3) is 0.375. The van der Waals surface area contributed by atoms with E-state index in [1.54, 1.807) is 19.4 Å². The van der Waals surface area contributed by atoms with Crippen molar-refractivity contribution in [2.45, 2.75) is 46.6 Å². The van der Waals surface area contributed by atoms with E-state index in [2.05, 4.69) is 29.7 Å². The summed E-state index contributed by atoms with van der Waals surface area (Å²) >= 11 is 12.0. The van der Waals surface area contributed by atoms with Crippen LogP contribution in [0, 0.1) is 12.8 Å². The first-order valence-corrected chi connectivity index (χ1v) is 11.1. The van der Waals surface area contributed by atoms with Gasteiger partial charge in [-0.15, -0.1) is 0 Å². The van der Waals surface area contributed by atoms with Crippen molar-refractivity contribution in [3.63, 3.8) is 0 Å². The predicted octanol–water partition coefficient (Wildman–Crippen LogP) is 5.34. The van der Waals surface area contributed by atoms with Crippen LogP contribution >= 0.6 is 23.2 Å². The minimum Gasteiger partial charge on any atom is -0.496 e. The van der Waals surface area contributed by atoms with Crippen molar-refractivity contribution in [1.29, 1.82) is 0 Å². The van der Waals surface area contributed by atoms with Gasteiger partial charge in [0.2, 0.25) is 0 Å². The summed E-state index contributed by atoms with van der Waals surface area (Å²) in [6.07, 6.45) is 1.59. The van der Waals surface area contributed by atoms with E-state index in [0.717, 1.165) is 22.4 Å². The summed E-state index contributed by atoms with van der Waals surface area (Å²) in [5.41, 5.74) is 5.66. The lowest BCUT2D eigenvalue weighted by Gasteiger charge is -2.21. The van der Waals surface area contributed by atoms with Gasteiger partial charge in [0.1, 0.15) is 11.8 Å². The van der Waals surface area contributed by atoms with Crippen molar-refractivity contribution in [1.82, 2.24) is 10.7 Å². The second-order valence-corrected chi connectivity index (χ2v) is 9.00. The molecule has 0 aliphatic heterocycles. The summed E-state index contributed by atoms with van der Waals surface area (Å²) in [4.78, 5) is 25.4. The Morgan fingerprint density at radius 3 is 2.34 bits per heavy atom. The normalized spacial score (nSPS) is 12.3. The Bertz CT molecular complexity index is 1020. The molecule has 2 N–H and O–H groups in total. The number of ether oxygens (including phenoxy) is 1. The van der Waals surface area contributed by atoms with Crippen LogP contribution < -0.4 is 15.5 Å². The molecule has 172 valence electrons. The van der Waals surface area contributed by atoms with Gasteiger partial charge in [-0.05, 0) is 65.8 Å². The quantitative estimate of drug-likeness (QED) is 0.397. The predicted molar refractivity (Wildman–Crippen MR) is 130 cm³/mol. The molecule has 0 aliphatic carbocycles. The van der Waals surface area contributed by atoms with Gasteiger partial charge in [0.25, 0.3) is 11.8 Å². The molecular formula is C24H29Cl2N3O3. The molecule has 0 fully saturated rings. The molecule has 0 aromatic heterocycles. The third-order valence-corrected chi connectivity index (χ3v) is 5.58. The average Bonchev–Trinajstić information content (AvgIpc) is 2.71. The van der Waals surface area contributed by atoms with E-state index >= 15 is 0 Å². The maximum absolute atomic E-state index is 12.7. The van der Waals surface area contributed by atoms with Gasteiger partial charge in [0.15, 0.2) is 0 Å². The standard InChI is InChI=1S/C24H29Cl2N3O3/c1-13(2)19-10-16(15(5)9-21(19)32-6)12-27-29-24(31)22(14(3)4)28-23(30)18-8-7-17(25)11-20(18)26/h7-14,22H,1-6H3,(H,28,30)(H,29,31)/b27-12+. The van der Waals surface area contributed by atoms with Gasteiger partial charge in [0, 0.05) is 5.02 Å². The smallest absolute Gasteiger partial charge is 0.262 e. The van der Waals surface area contributed by atoms with E-state index in [0.29, 0.717) is 5.02 Å². The third-order valence-electron chi connectivity index (χ3n) is 5.03. The summed E-state index contributed by atoms with van der Waals surface area (Å²) < 4.78 is 5.46. The highest BCUT2D eigenvalue weighted by Gasteiger charge is 2.25. The number of methoxy groups -OCH3 is 1. The first-order chi connectivity index (χ1) is 15.0. The maximum Gasteiger partial charge on any atom is 0.262 e. The van der Waals surface area contributed by atoms with Crippen LogP contribution in [0.5, 0.6) is 5.75 Å². The lowest BCUT2D eigenvalue weighted by atomic mass is 9.97. The fourth-order valence-electron chi connectivity index (χ4n) is 3.15. The first-order valence-electron chi connectivity index (χ1n) is 10.3. The molecule has 0 radical (unpaired) electrons. The number of hydrogen-bond acceptors (Lipinski definition) is 4. The summed E-state index contributed by atoms with van der Waals surface area (Å²) in [7, 11) is 1.65. The number of carbonyl (C=O) groups is 2. The number of nitrogens with one attached hydrogen (secondary N) is 2. The van der Waals surface area contributed by atoms with Crippen molar-refractivity contribution in [2.24, 2.45) is 11.0 Å². The summed E-state index contributed by atoms with van der Waals surface area (Å²) in [6, 6.07) is 7.72. The van der Waals surface area contributed by atoms with E-state index in [4.69, 9.17) is 27.9 Å². The van der Waals surface area contributed by atoms with Crippen LogP contribution in [0.2, 0.25) is 10.0 Å². The number of halogens is 2. The fourth-order valence-corrected chi connectivity index (χ4v) is 3.64. The number of hydrogen-bond donors (Lipinski definition) is 2. The SMILES string of the molecule is COc1cc(C)c(/C=N/NC(=O)C(NC(=O)c2ccc(Cl)cc2Cl)C(C)C)cc1C(C)C. The van der Waals surface area contributed by atoms with E-state index < -0.39 is 17.9 Å². The highest BCUT2D eigenvalue weighted by Crippen LogP contribution is 2.29. The second kappa shape index (κ2) is 11.3. The lowest BCUT2D eigenvalue weighted by molar-refractivity contribution is -0.123. The molecule has 0 aliphatic rings. The van der Waals surface area contributed by atoms with Gasteiger partial charge in [-0.1, -0.05) is 50.9 Å². The van der Waals surface area contributed by atoms with E-state index in [-0.39, 0.29) is 22.4 Å². The molecule has 2 amide bonds. The molecule has 1 atom stereocenters. The van der Waals surface area contributed by atoms with Gasteiger partial charge in [-0.2, -0.15) is 5.10 Å². The molecule has 8 heteroatoms. The summed E-state index contributed by atoms with van der Waals surface area (Å²) in [6.45, 7) is 9.78. The number of hydrazone groups is 1. The van der Waals surface area contributed by atoms with Crippen molar-refractivity contribution in [3.8, 4) is 5.75 Å². The molecule has 6 nitrogen and oxygen atoms in total. The molecule has 0 heterocycles. The Morgan fingerprint density at radius 1 is 1.09 bits per heavy atom.